The molecule has 0 heterocycles. The Morgan fingerprint density at radius 1 is 1.23 bits per heavy atom. The second kappa shape index (κ2) is 6.47. The van der Waals surface area contributed by atoms with Crippen molar-refractivity contribution in [2.45, 2.75) is 71.2 Å². The number of carbonyl (C=O) groups is 4. The molecule has 8 heteroatoms. The molecule has 30 heavy (non-hydrogen) atoms. The lowest BCUT2D eigenvalue weighted by Crippen LogP contribution is -2.63. The molecule has 0 aliphatic heterocycles. The van der Waals surface area contributed by atoms with E-state index in [1.54, 1.807) is 20.8 Å². The van der Waals surface area contributed by atoms with Crippen molar-refractivity contribution in [2.24, 2.45) is 28.1 Å². The minimum absolute atomic E-state index is 0.00687. The maximum Gasteiger partial charge on any atom is 0.303 e. The zero-order valence-electron chi connectivity index (χ0n) is 17.4. The number of aliphatic hydroxyl groups is 2. The Morgan fingerprint density at radius 2 is 1.87 bits per heavy atom. The summed E-state index contributed by atoms with van der Waals surface area (Å²) in [6.45, 7) is 5.44. The summed E-state index contributed by atoms with van der Waals surface area (Å²) in [4.78, 5) is 49.9. The van der Waals surface area contributed by atoms with Crippen molar-refractivity contribution in [3.05, 3.63) is 11.1 Å². The van der Waals surface area contributed by atoms with Crippen LogP contribution in [0.4, 0.5) is 0 Å². The molecule has 3 N–H and O–H groups in total. The molecule has 0 radical (unpaired) electrons. The molecule has 0 saturated heterocycles. The molecule has 2 saturated carbocycles. The number of rotatable bonds is 4. The summed E-state index contributed by atoms with van der Waals surface area (Å²) < 4.78 is 5.18. The van der Waals surface area contributed by atoms with Crippen LogP contribution < -0.4 is 0 Å². The van der Waals surface area contributed by atoms with Crippen LogP contribution in [-0.4, -0.2) is 57.6 Å². The Hall–Kier alpha value is -2.06. The minimum Gasteiger partial charge on any atom is -0.481 e. The standard InChI is InChI=1S/C22H28O8/c1-10-7-22(10)18(28)12-13(14(26)19(22)29)21(3)6-4-5-20(2,8-11(24)25)17(21)15(27)16(12)30-9-23/h9-10,15-17,19,27,29H,4-8H2,1-3H3,(H,24,25)/t10-,15-,16-,17-,19-,20+,21+,22+/m0/s1. The van der Waals surface area contributed by atoms with Crippen LogP contribution in [0.1, 0.15) is 52.9 Å². The highest BCUT2D eigenvalue weighted by Gasteiger charge is 2.72. The zero-order valence-corrected chi connectivity index (χ0v) is 17.4. The molecule has 164 valence electrons. The van der Waals surface area contributed by atoms with Crippen LogP contribution in [-0.2, 0) is 23.9 Å². The van der Waals surface area contributed by atoms with Gasteiger partial charge in [-0.1, -0.05) is 27.2 Å². The number of carbonyl (C=O) groups excluding carboxylic acids is 3. The second-order valence-corrected chi connectivity index (χ2v) is 10.1. The van der Waals surface area contributed by atoms with Crippen molar-refractivity contribution in [2.75, 3.05) is 0 Å². The van der Waals surface area contributed by atoms with E-state index in [0.29, 0.717) is 25.7 Å². The van der Waals surface area contributed by atoms with Gasteiger partial charge in [0.05, 0.1) is 17.9 Å². The van der Waals surface area contributed by atoms with E-state index < -0.39 is 58.0 Å². The maximum atomic E-state index is 13.5. The summed E-state index contributed by atoms with van der Waals surface area (Å²) in [5.74, 6) is -2.95. The fourth-order valence-corrected chi connectivity index (χ4v) is 7.10. The highest BCUT2D eigenvalue weighted by atomic mass is 16.5. The number of aliphatic carboxylic acids is 1. The summed E-state index contributed by atoms with van der Waals surface area (Å²) in [5.41, 5.74) is -3.00. The summed E-state index contributed by atoms with van der Waals surface area (Å²) >= 11 is 0. The molecule has 4 aliphatic rings. The fourth-order valence-electron chi connectivity index (χ4n) is 7.10. The van der Waals surface area contributed by atoms with Gasteiger partial charge < -0.3 is 20.1 Å². The monoisotopic (exact) mass is 420 g/mol. The molecule has 4 rings (SSSR count). The van der Waals surface area contributed by atoms with Crippen molar-refractivity contribution in [1.29, 1.82) is 0 Å². The number of Topliss-reactive ketones (excluding diaryl/α,β-unsaturated/α-hetero) is 2. The molecule has 0 unspecified atom stereocenters. The van der Waals surface area contributed by atoms with Crippen molar-refractivity contribution in [1.82, 2.24) is 0 Å². The first-order valence-corrected chi connectivity index (χ1v) is 10.5. The highest BCUT2D eigenvalue weighted by molar-refractivity contribution is 6.19. The summed E-state index contributed by atoms with van der Waals surface area (Å²) in [5, 5.41) is 31.7. The smallest absolute Gasteiger partial charge is 0.303 e. The quantitative estimate of drug-likeness (QED) is 0.573. The molecule has 8 nitrogen and oxygen atoms in total. The molecular formula is C22H28O8. The summed E-state index contributed by atoms with van der Waals surface area (Å²) in [6.07, 6.45) is -2.45. The first-order valence-electron chi connectivity index (χ1n) is 10.5. The predicted molar refractivity (Wildman–Crippen MR) is 102 cm³/mol. The first kappa shape index (κ1) is 21.2. The van der Waals surface area contributed by atoms with Crippen LogP contribution in [0.15, 0.2) is 11.1 Å². The van der Waals surface area contributed by atoms with E-state index in [9.17, 15) is 34.5 Å². The lowest BCUT2D eigenvalue weighted by Gasteiger charge is -2.59. The number of carboxylic acids is 1. The van der Waals surface area contributed by atoms with Gasteiger partial charge in [0.25, 0.3) is 6.47 Å². The first-order chi connectivity index (χ1) is 14.0. The number of fused-ring (bicyclic) bond motifs is 2. The van der Waals surface area contributed by atoms with Gasteiger partial charge in [-0.25, -0.2) is 0 Å². The lowest BCUT2D eigenvalue weighted by atomic mass is 9.45. The SMILES string of the molecule is C[C@H]1C[C@]12C(=O)C1=C(C(=O)[C@@H]2O)[C@@]2(C)CCC[C@](C)(CC(=O)O)[C@@H]2[C@@H](O)[C@H]1OC=O. The van der Waals surface area contributed by atoms with Crippen LogP contribution in [0.5, 0.6) is 0 Å². The van der Waals surface area contributed by atoms with Gasteiger partial charge in [-0.3, -0.25) is 19.2 Å². The molecule has 4 aliphatic carbocycles. The van der Waals surface area contributed by atoms with Gasteiger partial charge in [0.2, 0.25) is 0 Å². The van der Waals surface area contributed by atoms with E-state index in [0.717, 1.165) is 0 Å². The maximum absolute atomic E-state index is 13.5. The van der Waals surface area contributed by atoms with Crippen LogP contribution in [0.3, 0.4) is 0 Å². The molecule has 1 spiro atoms. The van der Waals surface area contributed by atoms with Gasteiger partial charge in [0.15, 0.2) is 17.7 Å². The van der Waals surface area contributed by atoms with Crippen LogP contribution in [0.2, 0.25) is 0 Å². The summed E-state index contributed by atoms with van der Waals surface area (Å²) in [7, 11) is 0. The van der Waals surface area contributed by atoms with Crippen LogP contribution >= 0.6 is 0 Å². The van der Waals surface area contributed by atoms with E-state index in [4.69, 9.17) is 4.74 Å². The lowest BCUT2D eigenvalue weighted by molar-refractivity contribution is -0.170. The Balaban J connectivity index is 1.95. The molecule has 0 aromatic heterocycles. The van der Waals surface area contributed by atoms with Crippen molar-refractivity contribution >= 4 is 24.0 Å². The number of carboxylic acid groups (broad SMARTS) is 1. The van der Waals surface area contributed by atoms with Gasteiger partial charge in [0.1, 0.15) is 6.10 Å². The largest absolute Gasteiger partial charge is 0.481 e. The second-order valence-electron chi connectivity index (χ2n) is 10.1. The number of ketones is 2. The van der Waals surface area contributed by atoms with Gasteiger partial charge in [-0.2, -0.15) is 0 Å². The van der Waals surface area contributed by atoms with Crippen molar-refractivity contribution in [3.8, 4) is 0 Å². The van der Waals surface area contributed by atoms with Gasteiger partial charge in [0, 0.05) is 22.5 Å². The van der Waals surface area contributed by atoms with E-state index >= 15 is 0 Å². The van der Waals surface area contributed by atoms with Crippen molar-refractivity contribution in [3.63, 3.8) is 0 Å². The Morgan fingerprint density at radius 3 is 2.40 bits per heavy atom. The Kier molecular flexibility index (Phi) is 4.57. The topological polar surface area (TPSA) is 138 Å². The molecular weight excluding hydrogens is 392 g/mol. The van der Waals surface area contributed by atoms with E-state index in [1.807, 2.05) is 0 Å². The third kappa shape index (κ3) is 2.46. The average molecular weight is 420 g/mol. The molecule has 0 aromatic carbocycles. The number of hydrogen-bond acceptors (Lipinski definition) is 7. The van der Waals surface area contributed by atoms with E-state index in [2.05, 4.69) is 0 Å². The molecule has 0 aromatic rings. The van der Waals surface area contributed by atoms with Crippen LogP contribution in [0, 0.1) is 28.1 Å². The zero-order chi connectivity index (χ0) is 22.2. The average Bonchev–Trinajstić information content (AvgIpc) is 3.31. The van der Waals surface area contributed by atoms with Gasteiger partial charge in [-0.15, -0.1) is 0 Å². The summed E-state index contributed by atoms with van der Waals surface area (Å²) in [6, 6.07) is 0. The molecule has 2 fully saturated rings. The third-order valence-electron chi connectivity index (χ3n) is 8.43. The van der Waals surface area contributed by atoms with Crippen LogP contribution in [0.25, 0.3) is 0 Å². The molecule has 0 amide bonds. The molecule has 8 atom stereocenters. The Bertz CT molecular complexity index is 876. The predicted octanol–water partition coefficient (Wildman–Crippen LogP) is 1.03. The number of hydrogen-bond donors (Lipinski definition) is 3. The normalized spacial score (nSPS) is 47.6. The minimum atomic E-state index is -1.48. The molecule has 0 bridgehead atoms. The third-order valence-corrected chi connectivity index (χ3v) is 8.43. The van der Waals surface area contributed by atoms with E-state index in [1.165, 1.54) is 0 Å². The highest BCUT2D eigenvalue weighted by Crippen LogP contribution is 2.67. The number of ether oxygens (including phenoxy) is 1. The van der Waals surface area contributed by atoms with E-state index in [-0.39, 0.29) is 30.0 Å². The fraction of sp³-hybridized carbons (Fsp3) is 0.727. The van der Waals surface area contributed by atoms with Crippen molar-refractivity contribution < 1.29 is 39.2 Å². The van der Waals surface area contributed by atoms with Gasteiger partial charge >= 0.3 is 5.97 Å². The van der Waals surface area contributed by atoms with Gasteiger partial charge in [-0.05, 0) is 30.6 Å². The number of aliphatic hydroxyl groups excluding tert-OH is 2. The Labute approximate surface area is 174 Å².